The summed E-state index contributed by atoms with van der Waals surface area (Å²) in [4.78, 5) is 9.09. The van der Waals surface area contributed by atoms with Gasteiger partial charge in [-0.2, -0.15) is 0 Å². The van der Waals surface area contributed by atoms with Crippen molar-refractivity contribution in [3.8, 4) is 0 Å². The maximum Gasteiger partial charge on any atom is 0.273 e. The second kappa shape index (κ2) is 4.11. The van der Waals surface area contributed by atoms with Gasteiger partial charge in [0.2, 0.25) is 0 Å². The molecule has 0 fully saturated rings. The van der Waals surface area contributed by atoms with Gasteiger partial charge in [0, 0.05) is 0 Å². The Balaban J connectivity index is 0. The lowest BCUT2D eigenvalue weighted by molar-refractivity contribution is 0.267. The van der Waals surface area contributed by atoms with E-state index in [4.69, 9.17) is 4.79 Å². The van der Waals surface area contributed by atoms with Crippen molar-refractivity contribution in [2.24, 2.45) is 5.73 Å². The van der Waals surface area contributed by atoms with Crippen LogP contribution in [0, 0.1) is 0 Å². The lowest BCUT2D eigenvalue weighted by Gasteiger charge is -1.58. The number of amides is 1. The normalized spacial score (nSPS) is 5.00. The van der Waals surface area contributed by atoms with E-state index in [1.54, 1.807) is 0 Å². The number of hydrogen-bond donors (Lipinski definition) is 2. The van der Waals surface area contributed by atoms with Crippen LogP contribution in [-0.4, -0.2) is 5.24 Å². The van der Waals surface area contributed by atoms with Gasteiger partial charge in [-0.05, 0) is 0 Å². The quantitative estimate of drug-likeness (QED) is 0.440. The van der Waals surface area contributed by atoms with E-state index in [1.165, 1.54) is 0 Å². The second-order valence-corrected chi connectivity index (χ2v) is 0.779. The van der Waals surface area contributed by atoms with Gasteiger partial charge in [-0.25, -0.2) is 0 Å². The molecule has 0 atom stereocenters. The number of thiol groups is 1. The fraction of sp³-hybridized carbons (Fsp3) is 0. The first kappa shape index (κ1) is 8.92. The Kier molecular flexibility index (Phi) is 7.34. The van der Waals surface area contributed by atoms with E-state index in [2.05, 4.69) is 18.4 Å². The van der Waals surface area contributed by atoms with Gasteiger partial charge in [0.05, 0.1) is 0 Å². The van der Waals surface area contributed by atoms with Crippen molar-refractivity contribution in [1.29, 1.82) is 0 Å². The molecule has 5 heavy (non-hydrogen) atoms. The summed E-state index contributed by atoms with van der Waals surface area (Å²) in [6.45, 7) is 0. The standard InChI is InChI=1S/CH3NOS.ClH/c2-1(3)4;/h(H3,2,3,4);1H. The zero-order valence-corrected chi connectivity index (χ0v) is 4.05. The minimum Gasteiger partial charge on any atom is -0.361 e. The Labute approximate surface area is 41.5 Å². The Morgan fingerprint density at radius 3 is 1.80 bits per heavy atom. The third kappa shape index (κ3) is 1510. The lowest BCUT2D eigenvalue weighted by Crippen LogP contribution is -1.95. The molecule has 0 rings (SSSR count). The summed E-state index contributed by atoms with van der Waals surface area (Å²) in [6, 6.07) is 0. The zero-order valence-electron chi connectivity index (χ0n) is 2.34. The first-order valence-electron chi connectivity index (χ1n) is 0.716. The number of rotatable bonds is 0. The largest absolute Gasteiger partial charge is 0.361 e. The van der Waals surface area contributed by atoms with Gasteiger partial charge in [0.15, 0.2) is 0 Å². The Hall–Kier alpha value is 0.110. The number of carbonyl (C=O) groups excluding carboxylic acids is 1. The van der Waals surface area contributed by atoms with E-state index >= 15 is 0 Å². The van der Waals surface area contributed by atoms with Crippen molar-refractivity contribution in [2.45, 2.75) is 0 Å². The van der Waals surface area contributed by atoms with Crippen LogP contribution in [0.15, 0.2) is 0 Å². The highest BCUT2D eigenvalue weighted by Crippen LogP contribution is 1.60. The minimum absolute atomic E-state index is 0. The minimum atomic E-state index is -0.639. The number of halogens is 1. The predicted molar refractivity (Wildman–Crippen MR) is 25.8 cm³/mol. The average Bonchev–Trinajstić information content (AvgIpc) is 0.811. The molecule has 0 aromatic rings. The highest BCUT2D eigenvalue weighted by atomic mass is 35.5. The molecule has 2 N–H and O–H groups in total. The number of carbonyl (C=O) groups is 1. The van der Waals surface area contributed by atoms with Crippen molar-refractivity contribution in [3.05, 3.63) is 0 Å². The third-order valence-electron chi connectivity index (χ3n) is 0. The molecule has 0 aromatic heterocycles. The summed E-state index contributed by atoms with van der Waals surface area (Å²) < 4.78 is 0. The van der Waals surface area contributed by atoms with Crippen LogP contribution in [-0.2, 0) is 0 Å². The molecule has 2 nitrogen and oxygen atoms in total. The fourth-order valence-electron chi connectivity index (χ4n) is 0. The van der Waals surface area contributed by atoms with Crippen LogP contribution in [0.1, 0.15) is 0 Å². The molecule has 0 aliphatic heterocycles. The molecule has 0 unspecified atom stereocenters. The second-order valence-electron chi connectivity index (χ2n) is 0.338. The molecule has 4 heteroatoms. The molecule has 0 heterocycles. The van der Waals surface area contributed by atoms with Crippen molar-refractivity contribution >= 4 is 30.3 Å². The summed E-state index contributed by atoms with van der Waals surface area (Å²) in [5.41, 5.74) is 4.34. The van der Waals surface area contributed by atoms with Gasteiger partial charge in [-0.1, -0.05) is 12.6 Å². The van der Waals surface area contributed by atoms with Gasteiger partial charge < -0.3 is 5.73 Å². The number of nitrogens with two attached hydrogens (primary N) is 1. The van der Waals surface area contributed by atoms with Crippen molar-refractivity contribution in [3.63, 3.8) is 0 Å². The molecule has 0 spiro atoms. The number of hydrogen-bond acceptors (Lipinski definition) is 1. The summed E-state index contributed by atoms with van der Waals surface area (Å²) in [5.74, 6) is 0. The molecule has 1 amide bonds. The summed E-state index contributed by atoms with van der Waals surface area (Å²) >= 11 is 3.10. The van der Waals surface area contributed by atoms with Gasteiger partial charge in [0.1, 0.15) is 0 Å². The van der Waals surface area contributed by atoms with E-state index in [0.717, 1.165) is 0 Å². The van der Waals surface area contributed by atoms with Crippen LogP contribution in [0.5, 0.6) is 0 Å². The van der Waals surface area contributed by atoms with Crippen molar-refractivity contribution < 1.29 is 4.79 Å². The van der Waals surface area contributed by atoms with Crippen LogP contribution >= 0.6 is 25.0 Å². The molecule has 0 saturated heterocycles. The SMILES string of the molecule is Cl.NC(=O)S. The van der Waals surface area contributed by atoms with E-state index in [0.29, 0.717) is 0 Å². The maximum absolute atomic E-state index is 9.09. The summed E-state index contributed by atoms with van der Waals surface area (Å²) in [7, 11) is 0. The molecule has 0 bridgehead atoms. The summed E-state index contributed by atoms with van der Waals surface area (Å²) in [5, 5.41) is -0.639. The smallest absolute Gasteiger partial charge is 0.273 e. The third-order valence-corrected chi connectivity index (χ3v) is 0. The number of primary amides is 1. The van der Waals surface area contributed by atoms with Crippen LogP contribution in [0.2, 0.25) is 0 Å². The summed E-state index contributed by atoms with van der Waals surface area (Å²) in [6.07, 6.45) is 0. The van der Waals surface area contributed by atoms with Crippen LogP contribution in [0.25, 0.3) is 0 Å². The Bertz CT molecular complexity index is 34.6. The predicted octanol–water partition coefficient (Wildman–Crippen LogP) is 0.417. The lowest BCUT2D eigenvalue weighted by atomic mass is 11.5. The van der Waals surface area contributed by atoms with Gasteiger partial charge in [-0.3, -0.25) is 4.79 Å². The zero-order chi connectivity index (χ0) is 3.58. The maximum atomic E-state index is 9.09. The van der Waals surface area contributed by atoms with E-state index in [-0.39, 0.29) is 12.4 Å². The topological polar surface area (TPSA) is 43.1 Å². The molecule has 0 saturated carbocycles. The van der Waals surface area contributed by atoms with Crippen molar-refractivity contribution in [2.75, 3.05) is 0 Å². The first-order chi connectivity index (χ1) is 1.73. The molecular weight excluding hydrogens is 110 g/mol. The van der Waals surface area contributed by atoms with Crippen LogP contribution < -0.4 is 5.73 Å². The van der Waals surface area contributed by atoms with Gasteiger partial charge in [0.25, 0.3) is 5.24 Å². The van der Waals surface area contributed by atoms with Crippen LogP contribution in [0.4, 0.5) is 4.79 Å². The molecule has 0 aliphatic carbocycles. The molecular formula is CH4ClNOS. The van der Waals surface area contributed by atoms with Crippen LogP contribution in [0.3, 0.4) is 0 Å². The molecule has 0 radical (unpaired) electrons. The van der Waals surface area contributed by atoms with Crippen molar-refractivity contribution in [1.82, 2.24) is 0 Å². The highest BCUT2D eigenvalue weighted by molar-refractivity contribution is 7.96. The molecule has 32 valence electrons. The van der Waals surface area contributed by atoms with E-state index < -0.39 is 5.24 Å². The Morgan fingerprint density at radius 1 is 1.80 bits per heavy atom. The molecule has 0 aromatic carbocycles. The van der Waals surface area contributed by atoms with E-state index in [9.17, 15) is 0 Å². The average molecular weight is 114 g/mol. The molecule has 0 aliphatic rings. The fourth-order valence-corrected chi connectivity index (χ4v) is 0. The Morgan fingerprint density at radius 2 is 1.80 bits per heavy atom. The first-order valence-corrected chi connectivity index (χ1v) is 1.16. The monoisotopic (exact) mass is 113 g/mol. The van der Waals surface area contributed by atoms with Gasteiger partial charge >= 0.3 is 0 Å². The van der Waals surface area contributed by atoms with E-state index in [1.807, 2.05) is 0 Å². The van der Waals surface area contributed by atoms with Gasteiger partial charge in [-0.15, -0.1) is 12.4 Å². The highest BCUT2D eigenvalue weighted by Gasteiger charge is 1.63.